The molecule has 1 aromatic carbocycles. The van der Waals surface area contributed by atoms with Crippen molar-refractivity contribution in [3.05, 3.63) is 30.2 Å². The predicted octanol–water partition coefficient (Wildman–Crippen LogP) is 0.612. The van der Waals surface area contributed by atoms with Crippen LogP contribution in [0.1, 0.15) is 5.89 Å². The maximum Gasteiger partial charge on any atom is 0.241 e. The quantitative estimate of drug-likeness (QED) is 0.716. The first-order chi connectivity index (χ1) is 13.2. The Labute approximate surface area is 158 Å². The minimum atomic E-state index is -0.0394. The van der Waals surface area contributed by atoms with Gasteiger partial charge in [-0.05, 0) is 24.3 Å². The van der Waals surface area contributed by atoms with Crippen molar-refractivity contribution >= 4 is 5.91 Å². The number of amides is 1. The molecule has 0 radical (unpaired) electrons. The molecule has 142 valence electrons. The van der Waals surface area contributed by atoms with Crippen molar-refractivity contribution in [2.75, 3.05) is 46.4 Å². The number of hydrogen-bond acceptors (Lipinski definition) is 7. The molecule has 1 N–H and O–H groups in total. The van der Waals surface area contributed by atoms with E-state index in [1.165, 1.54) is 0 Å². The fraction of sp³-hybridized carbons (Fsp3) is 0.421. The van der Waals surface area contributed by atoms with Crippen LogP contribution in [0.3, 0.4) is 0 Å². The molecule has 1 amide bonds. The van der Waals surface area contributed by atoms with E-state index in [4.69, 9.17) is 15.7 Å². The topological polar surface area (TPSA) is 83.7 Å². The van der Waals surface area contributed by atoms with Gasteiger partial charge < -0.3 is 14.6 Å². The van der Waals surface area contributed by atoms with Crippen LogP contribution in [0, 0.1) is 12.3 Å². The average molecular weight is 369 g/mol. The number of carbonyl (C=O) groups excluding carboxylic acids is 1. The molecule has 3 rings (SSSR count). The second-order valence-electron chi connectivity index (χ2n) is 6.27. The van der Waals surface area contributed by atoms with Crippen molar-refractivity contribution in [3.63, 3.8) is 0 Å². The van der Waals surface area contributed by atoms with Crippen molar-refractivity contribution in [2.24, 2.45) is 0 Å². The molecule has 8 heteroatoms. The van der Waals surface area contributed by atoms with Gasteiger partial charge >= 0.3 is 0 Å². The Morgan fingerprint density at radius 3 is 2.63 bits per heavy atom. The van der Waals surface area contributed by atoms with E-state index in [0.717, 1.165) is 37.5 Å². The number of aromatic nitrogens is 2. The van der Waals surface area contributed by atoms with E-state index in [0.29, 0.717) is 24.8 Å². The van der Waals surface area contributed by atoms with Crippen LogP contribution in [0.4, 0.5) is 0 Å². The van der Waals surface area contributed by atoms with Gasteiger partial charge in [-0.3, -0.25) is 14.6 Å². The highest BCUT2D eigenvalue weighted by Crippen LogP contribution is 2.20. The molecule has 1 aromatic heterocycles. The average Bonchev–Trinajstić information content (AvgIpc) is 3.16. The van der Waals surface area contributed by atoms with Crippen molar-refractivity contribution in [3.8, 4) is 29.5 Å². The molecule has 8 nitrogen and oxygen atoms in total. The smallest absolute Gasteiger partial charge is 0.241 e. The first kappa shape index (κ1) is 18.9. The first-order valence-corrected chi connectivity index (χ1v) is 8.80. The molecule has 0 aliphatic carbocycles. The number of hydrogen-bond donors (Lipinski definition) is 1. The number of piperazine rings is 1. The maximum atomic E-state index is 11.7. The highest BCUT2D eigenvalue weighted by molar-refractivity contribution is 5.78. The molecule has 0 unspecified atom stereocenters. The van der Waals surface area contributed by atoms with Crippen molar-refractivity contribution < 1.29 is 14.1 Å². The van der Waals surface area contributed by atoms with Gasteiger partial charge in [0, 0.05) is 31.7 Å². The second-order valence-corrected chi connectivity index (χ2v) is 6.27. The lowest BCUT2D eigenvalue weighted by molar-refractivity contribution is -0.122. The Hall–Kier alpha value is -2.89. The summed E-state index contributed by atoms with van der Waals surface area (Å²) in [6.45, 7) is 4.53. The van der Waals surface area contributed by atoms with E-state index < -0.39 is 0 Å². The van der Waals surface area contributed by atoms with Crippen LogP contribution in [0.25, 0.3) is 11.4 Å². The number of nitrogens with zero attached hydrogens (tertiary/aromatic N) is 4. The summed E-state index contributed by atoms with van der Waals surface area (Å²) in [5.41, 5.74) is 0.883. The summed E-state index contributed by atoms with van der Waals surface area (Å²) in [5, 5.41) is 6.74. The number of rotatable bonds is 7. The first-order valence-electron chi connectivity index (χ1n) is 8.80. The van der Waals surface area contributed by atoms with Crippen molar-refractivity contribution in [1.82, 2.24) is 25.3 Å². The van der Waals surface area contributed by atoms with E-state index in [-0.39, 0.29) is 12.5 Å². The third-order valence-corrected chi connectivity index (χ3v) is 4.39. The van der Waals surface area contributed by atoms with Crippen molar-refractivity contribution in [1.29, 1.82) is 0 Å². The van der Waals surface area contributed by atoms with Crippen LogP contribution in [0.2, 0.25) is 0 Å². The zero-order valence-electron chi connectivity index (χ0n) is 15.4. The van der Waals surface area contributed by atoms with Crippen LogP contribution in [-0.2, 0) is 11.3 Å². The highest BCUT2D eigenvalue weighted by atomic mass is 16.5. The summed E-state index contributed by atoms with van der Waals surface area (Å²) in [7, 11) is 1.63. The number of benzene rings is 1. The Bertz CT molecular complexity index is 788. The molecule has 0 spiro atoms. The third kappa shape index (κ3) is 5.29. The number of carbonyl (C=O) groups is 1. The molecule has 0 atom stereocenters. The van der Waals surface area contributed by atoms with Gasteiger partial charge in [0.15, 0.2) is 0 Å². The molecule has 1 fully saturated rings. The maximum absolute atomic E-state index is 11.7. The summed E-state index contributed by atoms with van der Waals surface area (Å²) in [6.07, 6.45) is 5.14. The van der Waals surface area contributed by atoms with E-state index in [1.54, 1.807) is 7.11 Å². The molecule has 0 saturated carbocycles. The number of terminal acetylenes is 1. The molecule has 2 heterocycles. The summed E-state index contributed by atoms with van der Waals surface area (Å²) in [5.74, 6) is 4.30. The van der Waals surface area contributed by atoms with Gasteiger partial charge in [0.2, 0.25) is 17.6 Å². The summed E-state index contributed by atoms with van der Waals surface area (Å²) >= 11 is 0. The highest BCUT2D eigenvalue weighted by Gasteiger charge is 2.20. The zero-order valence-corrected chi connectivity index (χ0v) is 15.4. The molecular formula is C19H23N5O3. The lowest BCUT2D eigenvalue weighted by atomic mass is 10.2. The number of methoxy groups -OCH3 is 1. The van der Waals surface area contributed by atoms with Crippen LogP contribution in [0.5, 0.6) is 5.75 Å². The Morgan fingerprint density at radius 2 is 1.96 bits per heavy atom. The lowest BCUT2D eigenvalue weighted by Gasteiger charge is -2.33. The van der Waals surface area contributed by atoms with E-state index in [1.807, 2.05) is 24.3 Å². The molecular weight excluding hydrogens is 346 g/mol. The molecule has 1 saturated heterocycles. The largest absolute Gasteiger partial charge is 0.497 e. The fourth-order valence-electron chi connectivity index (χ4n) is 2.88. The lowest BCUT2D eigenvalue weighted by Crippen LogP contribution is -2.49. The summed E-state index contributed by atoms with van der Waals surface area (Å²) in [4.78, 5) is 20.5. The Balaban J connectivity index is 1.47. The molecule has 1 aliphatic heterocycles. The van der Waals surface area contributed by atoms with Crippen LogP contribution in [-0.4, -0.2) is 72.2 Å². The molecule has 1 aliphatic rings. The fourth-order valence-corrected chi connectivity index (χ4v) is 2.88. The van der Waals surface area contributed by atoms with Gasteiger partial charge in [-0.15, -0.1) is 6.42 Å². The van der Waals surface area contributed by atoms with Crippen LogP contribution in [0.15, 0.2) is 28.8 Å². The normalized spacial score (nSPS) is 15.3. The minimum Gasteiger partial charge on any atom is -0.497 e. The Morgan fingerprint density at radius 1 is 1.26 bits per heavy atom. The number of nitrogens with one attached hydrogen (secondary N) is 1. The van der Waals surface area contributed by atoms with Crippen LogP contribution < -0.4 is 10.1 Å². The number of ether oxygens (including phenoxy) is 1. The minimum absolute atomic E-state index is 0.0394. The van der Waals surface area contributed by atoms with E-state index in [2.05, 4.69) is 31.2 Å². The zero-order chi connectivity index (χ0) is 19.1. The van der Waals surface area contributed by atoms with Gasteiger partial charge in [-0.25, -0.2) is 0 Å². The van der Waals surface area contributed by atoms with Gasteiger partial charge in [-0.2, -0.15) is 4.98 Å². The molecule has 27 heavy (non-hydrogen) atoms. The molecule has 2 aromatic rings. The van der Waals surface area contributed by atoms with Gasteiger partial charge in [-0.1, -0.05) is 11.1 Å². The third-order valence-electron chi connectivity index (χ3n) is 4.39. The summed E-state index contributed by atoms with van der Waals surface area (Å²) < 4.78 is 10.5. The Kier molecular flexibility index (Phi) is 6.41. The van der Waals surface area contributed by atoms with E-state index in [9.17, 15) is 4.79 Å². The van der Waals surface area contributed by atoms with Gasteiger partial charge in [0.05, 0.1) is 26.7 Å². The SMILES string of the molecule is C#CCNC(=O)CN1CCN(Cc2nc(-c3ccc(OC)cc3)no2)CC1. The predicted molar refractivity (Wildman–Crippen MR) is 99.8 cm³/mol. The van der Waals surface area contributed by atoms with E-state index >= 15 is 0 Å². The van der Waals surface area contributed by atoms with Gasteiger partial charge in [0.25, 0.3) is 0 Å². The monoisotopic (exact) mass is 369 g/mol. The standard InChI is InChI=1S/C19H23N5O3/c1-3-8-20-17(25)13-23-9-11-24(12-10-23)14-18-21-19(22-27-18)15-4-6-16(26-2)7-5-15/h1,4-7H,8-14H2,2H3,(H,20,25). The van der Waals surface area contributed by atoms with Crippen molar-refractivity contribution in [2.45, 2.75) is 6.54 Å². The second kappa shape index (κ2) is 9.16. The molecule has 0 bridgehead atoms. The van der Waals surface area contributed by atoms with Crippen LogP contribution >= 0.6 is 0 Å². The van der Waals surface area contributed by atoms with Gasteiger partial charge in [0.1, 0.15) is 5.75 Å². The summed E-state index contributed by atoms with van der Waals surface area (Å²) in [6, 6.07) is 7.53.